The van der Waals surface area contributed by atoms with Crippen molar-refractivity contribution in [3.05, 3.63) is 83.2 Å². The summed E-state index contributed by atoms with van der Waals surface area (Å²) in [6.07, 6.45) is 3.60. The number of aromatic nitrogens is 3. The summed E-state index contributed by atoms with van der Waals surface area (Å²) in [6.45, 7) is 0. The Hall–Kier alpha value is -3.19. The molecule has 2 aromatic carbocycles. The molecule has 0 saturated carbocycles. The smallest absolute Gasteiger partial charge is 0.258 e. The van der Waals surface area contributed by atoms with E-state index in [1.165, 1.54) is 17.8 Å². The van der Waals surface area contributed by atoms with Gasteiger partial charge in [-0.05, 0) is 17.8 Å². The molecular weight excluding hydrogens is 336 g/mol. The van der Waals surface area contributed by atoms with Gasteiger partial charge in [0.15, 0.2) is 10.7 Å². The maximum absolute atomic E-state index is 11.3. The number of fused-ring (bicyclic) bond motifs is 1. The lowest BCUT2D eigenvalue weighted by Gasteiger charge is -2.03. The standard InChI is InChI=1S/C18H12N4O2S/c23-22(24)14-9-4-5-10-15(14)25-17-16(13-7-2-1-3-8-13)20-18-19-11-6-12-21(17)18/h1-12H/p+1. The maximum Gasteiger partial charge on any atom is 0.402 e. The summed E-state index contributed by atoms with van der Waals surface area (Å²) < 4.78 is 1.91. The van der Waals surface area contributed by atoms with Gasteiger partial charge in [0.05, 0.1) is 16.0 Å². The topological polar surface area (TPSA) is 75.9 Å². The van der Waals surface area contributed by atoms with Crippen LogP contribution in [0.1, 0.15) is 0 Å². The number of aromatic amines is 1. The third-order valence-corrected chi connectivity index (χ3v) is 4.91. The molecule has 0 bridgehead atoms. The minimum Gasteiger partial charge on any atom is -0.258 e. The molecule has 25 heavy (non-hydrogen) atoms. The quantitative estimate of drug-likeness (QED) is 0.345. The molecule has 0 radical (unpaired) electrons. The van der Waals surface area contributed by atoms with Gasteiger partial charge in [0, 0.05) is 17.7 Å². The Labute approximate surface area is 147 Å². The van der Waals surface area contributed by atoms with E-state index in [0.717, 1.165) is 16.3 Å². The molecule has 0 fully saturated rings. The lowest BCUT2D eigenvalue weighted by atomic mass is 10.2. The van der Waals surface area contributed by atoms with Gasteiger partial charge in [-0.1, -0.05) is 47.4 Å². The molecule has 0 saturated heterocycles. The minimum atomic E-state index is -0.359. The zero-order valence-corrected chi connectivity index (χ0v) is 13.8. The Morgan fingerprint density at radius 3 is 2.60 bits per heavy atom. The van der Waals surface area contributed by atoms with E-state index in [1.54, 1.807) is 24.4 Å². The number of nitrogens with one attached hydrogen (secondary N) is 1. The number of para-hydroxylation sites is 1. The summed E-state index contributed by atoms with van der Waals surface area (Å²) >= 11 is 1.35. The van der Waals surface area contributed by atoms with Crippen molar-refractivity contribution in [1.82, 2.24) is 9.97 Å². The molecule has 0 unspecified atom stereocenters. The van der Waals surface area contributed by atoms with Crippen LogP contribution in [0, 0.1) is 10.1 Å². The van der Waals surface area contributed by atoms with Crippen molar-refractivity contribution in [2.24, 2.45) is 0 Å². The van der Waals surface area contributed by atoms with Crippen molar-refractivity contribution < 1.29 is 9.32 Å². The van der Waals surface area contributed by atoms with Crippen LogP contribution >= 0.6 is 11.8 Å². The molecule has 0 spiro atoms. The summed E-state index contributed by atoms with van der Waals surface area (Å²) in [5.74, 6) is 0.683. The molecule has 7 heteroatoms. The van der Waals surface area contributed by atoms with Crippen LogP contribution < -0.4 is 4.40 Å². The van der Waals surface area contributed by atoms with Crippen LogP contribution in [0.3, 0.4) is 0 Å². The molecule has 0 aliphatic heterocycles. The van der Waals surface area contributed by atoms with E-state index in [1.807, 2.05) is 47.0 Å². The van der Waals surface area contributed by atoms with E-state index < -0.39 is 0 Å². The Morgan fingerprint density at radius 1 is 1.04 bits per heavy atom. The first-order valence-corrected chi connectivity index (χ1v) is 8.41. The van der Waals surface area contributed by atoms with Crippen molar-refractivity contribution >= 4 is 23.2 Å². The fourth-order valence-corrected chi connectivity index (χ4v) is 3.73. The summed E-state index contributed by atoms with van der Waals surface area (Å²) in [6, 6.07) is 18.4. The molecule has 2 aromatic heterocycles. The summed E-state index contributed by atoms with van der Waals surface area (Å²) in [5.41, 5.74) is 1.96. The van der Waals surface area contributed by atoms with Gasteiger partial charge >= 0.3 is 5.78 Å². The van der Waals surface area contributed by atoms with Crippen LogP contribution in [-0.4, -0.2) is 14.9 Å². The van der Waals surface area contributed by atoms with Crippen molar-refractivity contribution in [2.45, 2.75) is 9.92 Å². The Bertz CT molecular complexity index is 1060. The number of nitro groups is 1. The van der Waals surface area contributed by atoms with Crippen LogP contribution in [0.15, 0.2) is 83.0 Å². The number of nitrogens with zero attached hydrogens (tertiary/aromatic N) is 3. The van der Waals surface area contributed by atoms with Gasteiger partial charge in [0.2, 0.25) is 0 Å². The number of rotatable bonds is 4. The highest BCUT2D eigenvalue weighted by molar-refractivity contribution is 7.99. The Balaban J connectivity index is 1.91. The molecular formula is C18H13N4O2S+. The van der Waals surface area contributed by atoms with Gasteiger partial charge in [-0.3, -0.25) is 10.1 Å². The van der Waals surface area contributed by atoms with Crippen molar-refractivity contribution in [3.8, 4) is 11.3 Å². The zero-order valence-electron chi connectivity index (χ0n) is 13.0. The number of hydrogen-bond donors (Lipinski definition) is 1. The summed E-state index contributed by atoms with van der Waals surface area (Å²) in [4.78, 5) is 19.2. The third kappa shape index (κ3) is 2.85. The average molecular weight is 349 g/mol. The van der Waals surface area contributed by atoms with Gasteiger partial charge in [0.1, 0.15) is 6.20 Å². The first-order valence-electron chi connectivity index (χ1n) is 7.59. The molecule has 2 heterocycles. The molecule has 1 N–H and O–H groups in total. The van der Waals surface area contributed by atoms with E-state index >= 15 is 0 Å². The first kappa shape index (κ1) is 15.3. The highest BCUT2D eigenvalue weighted by atomic mass is 32.2. The van der Waals surface area contributed by atoms with Crippen LogP contribution in [0.5, 0.6) is 0 Å². The highest BCUT2D eigenvalue weighted by Crippen LogP contribution is 2.37. The summed E-state index contributed by atoms with van der Waals surface area (Å²) in [5, 5.41) is 12.2. The van der Waals surface area contributed by atoms with Crippen LogP contribution in [-0.2, 0) is 0 Å². The maximum atomic E-state index is 11.3. The fourth-order valence-electron chi connectivity index (χ4n) is 2.61. The average Bonchev–Trinajstić information content (AvgIpc) is 3.01. The number of benzene rings is 2. The highest BCUT2D eigenvalue weighted by Gasteiger charge is 2.24. The first-order chi connectivity index (χ1) is 12.2. The minimum absolute atomic E-state index is 0.0883. The van der Waals surface area contributed by atoms with Crippen molar-refractivity contribution in [2.75, 3.05) is 0 Å². The van der Waals surface area contributed by atoms with Crippen molar-refractivity contribution in [3.63, 3.8) is 0 Å². The van der Waals surface area contributed by atoms with Gasteiger partial charge < -0.3 is 0 Å². The number of H-pyrrole nitrogens is 1. The molecule has 0 aliphatic carbocycles. The molecule has 4 aromatic rings. The fraction of sp³-hybridized carbons (Fsp3) is 0. The van der Waals surface area contributed by atoms with E-state index in [4.69, 9.17) is 0 Å². The second-order valence-electron chi connectivity index (χ2n) is 5.31. The Morgan fingerprint density at radius 2 is 1.80 bits per heavy atom. The SMILES string of the molecule is O=[N+]([O-])c1ccccc1Sc1c(-c2ccccc2)[nH]c2nccc[n+]12. The number of imidazole rings is 1. The largest absolute Gasteiger partial charge is 0.402 e. The summed E-state index contributed by atoms with van der Waals surface area (Å²) in [7, 11) is 0. The number of hydrogen-bond acceptors (Lipinski definition) is 4. The van der Waals surface area contributed by atoms with Crippen LogP contribution in [0.2, 0.25) is 0 Å². The molecule has 6 nitrogen and oxygen atoms in total. The normalized spacial score (nSPS) is 10.9. The van der Waals surface area contributed by atoms with Crippen LogP contribution in [0.4, 0.5) is 5.69 Å². The third-order valence-electron chi connectivity index (χ3n) is 3.75. The van der Waals surface area contributed by atoms with Crippen LogP contribution in [0.25, 0.3) is 17.0 Å². The monoisotopic (exact) mass is 349 g/mol. The van der Waals surface area contributed by atoms with Crippen molar-refractivity contribution in [1.29, 1.82) is 0 Å². The number of nitro benzene ring substituents is 1. The van der Waals surface area contributed by atoms with Gasteiger partial charge in [0.25, 0.3) is 5.69 Å². The lowest BCUT2D eigenvalue weighted by molar-refractivity contribution is -0.554. The Kier molecular flexibility index (Phi) is 3.91. The predicted molar refractivity (Wildman–Crippen MR) is 94.4 cm³/mol. The van der Waals surface area contributed by atoms with Gasteiger partial charge in [-0.15, -0.1) is 0 Å². The lowest BCUT2D eigenvalue weighted by Crippen LogP contribution is -2.21. The van der Waals surface area contributed by atoms with E-state index in [9.17, 15) is 10.1 Å². The second kappa shape index (κ2) is 6.37. The molecule has 0 amide bonds. The van der Waals surface area contributed by atoms with Gasteiger partial charge in [-0.25, -0.2) is 4.98 Å². The predicted octanol–water partition coefficient (Wildman–Crippen LogP) is 3.87. The van der Waals surface area contributed by atoms with E-state index in [2.05, 4.69) is 9.97 Å². The molecule has 0 atom stereocenters. The van der Waals surface area contributed by atoms with Gasteiger partial charge in [-0.2, -0.15) is 4.40 Å². The zero-order chi connectivity index (χ0) is 17.2. The molecule has 0 aliphatic rings. The second-order valence-corrected chi connectivity index (χ2v) is 6.34. The van der Waals surface area contributed by atoms with E-state index in [0.29, 0.717) is 10.7 Å². The molecule has 4 rings (SSSR count). The van der Waals surface area contributed by atoms with E-state index in [-0.39, 0.29) is 10.6 Å². The molecule has 122 valence electrons.